The Morgan fingerprint density at radius 2 is 1.77 bits per heavy atom. The van der Waals surface area contributed by atoms with Gasteiger partial charge in [0.15, 0.2) is 0 Å². The van der Waals surface area contributed by atoms with E-state index in [9.17, 15) is 14.7 Å². The predicted molar refractivity (Wildman–Crippen MR) is 116 cm³/mol. The number of hydrogen-bond acceptors (Lipinski definition) is 4. The van der Waals surface area contributed by atoms with Crippen LogP contribution in [0.4, 0.5) is 5.69 Å². The Morgan fingerprint density at radius 1 is 1.07 bits per heavy atom. The van der Waals surface area contributed by atoms with E-state index in [1.54, 1.807) is 13.0 Å². The molecule has 0 saturated carbocycles. The molecule has 2 aliphatic rings. The number of rotatable bonds is 6. The summed E-state index contributed by atoms with van der Waals surface area (Å²) in [6.07, 6.45) is 4.51. The molecule has 2 heterocycles. The van der Waals surface area contributed by atoms with Gasteiger partial charge in [-0.15, -0.1) is 0 Å². The Bertz CT molecular complexity index is 901. The minimum atomic E-state index is -0.291. The molecule has 0 spiro atoms. The van der Waals surface area contributed by atoms with Gasteiger partial charge in [-0.3, -0.25) is 14.5 Å². The summed E-state index contributed by atoms with van der Waals surface area (Å²) in [6, 6.07) is 16.2. The van der Waals surface area contributed by atoms with Crippen LogP contribution in [0.25, 0.3) is 0 Å². The number of aromatic hydroxyl groups is 1. The van der Waals surface area contributed by atoms with E-state index in [4.69, 9.17) is 0 Å². The Kier molecular flexibility index (Phi) is 6.04. The van der Waals surface area contributed by atoms with Crippen molar-refractivity contribution in [2.75, 3.05) is 5.32 Å². The topological polar surface area (TPSA) is 81.7 Å². The maximum Gasteiger partial charge on any atom is 0.255 e. The predicted octanol–water partition coefficient (Wildman–Crippen LogP) is 3.67. The van der Waals surface area contributed by atoms with Gasteiger partial charge in [0.2, 0.25) is 5.91 Å². The summed E-state index contributed by atoms with van der Waals surface area (Å²) in [5, 5.41) is 16.0. The summed E-state index contributed by atoms with van der Waals surface area (Å²) in [7, 11) is 0. The van der Waals surface area contributed by atoms with Gasteiger partial charge in [0.25, 0.3) is 5.91 Å². The van der Waals surface area contributed by atoms with Crippen LogP contribution < -0.4 is 10.6 Å². The summed E-state index contributed by atoms with van der Waals surface area (Å²) in [5.41, 5.74) is 2.04. The number of hydrogen-bond donors (Lipinski definition) is 3. The molecule has 2 atom stereocenters. The Balaban J connectivity index is 1.39. The molecule has 2 aromatic rings. The van der Waals surface area contributed by atoms with E-state index >= 15 is 0 Å². The smallest absolute Gasteiger partial charge is 0.255 e. The molecule has 2 saturated heterocycles. The molecular weight excluding hydrogens is 378 g/mol. The third-order valence-electron chi connectivity index (χ3n) is 6.27. The van der Waals surface area contributed by atoms with E-state index in [1.165, 1.54) is 17.7 Å². The van der Waals surface area contributed by atoms with Crippen LogP contribution in [0.2, 0.25) is 0 Å². The summed E-state index contributed by atoms with van der Waals surface area (Å²) < 4.78 is 0. The number of benzene rings is 2. The molecule has 4 rings (SSSR count). The van der Waals surface area contributed by atoms with Gasteiger partial charge >= 0.3 is 0 Å². The van der Waals surface area contributed by atoms with Crippen LogP contribution in [0.5, 0.6) is 5.75 Å². The van der Waals surface area contributed by atoms with Crippen molar-refractivity contribution in [3.8, 4) is 5.75 Å². The standard InChI is InChI=1S/C24H29N3O3/c1-2-23(29)25-17-8-11-22(28)21(14-17)24(30)26-18-12-19-9-10-20(13-18)27(19)15-16-6-4-3-5-7-16/h3-8,11,14,18-20,28H,2,9-10,12-13,15H2,1H3,(H,25,29)(H,26,30). The molecule has 2 aliphatic heterocycles. The van der Waals surface area contributed by atoms with Gasteiger partial charge in [-0.05, 0) is 49.4 Å². The van der Waals surface area contributed by atoms with Gasteiger partial charge in [-0.25, -0.2) is 0 Å². The zero-order valence-electron chi connectivity index (χ0n) is 17.3. The summed E-state index contributed by atoms with van der Waals surface area (Å²) in [6.45, 7) is 2.72. The molecule has 3 N–H and O–H groups in total. The summed E-state index contributed by atoms with van der Waals surface area (Å²) >= 11 is 0. The third kappa shape index (κ3) is 4.49. The average molecular weight is 408 g/mol. The number of anilines is 1. The Labute approximate surface area is 177 Å². The lowest BCUT2D eigenvalue weighted by Crippen LogP contribution is -2.50. The van der Waals surface area contributed by atoms with E-state index in [1.807, 2.05) is 6.07 Å². The number of fused-ring (bicyclic) bond motifs is 2. The maximum absolute atomic E-state index is 12.9. The van der Waals surface area contributed by atoms with Gasteiger partial charge in [0.05, 0.1) is 5.56 Å². The van der Waals surface area contributed by atoms with Crippen LogP contribution >= 0.6 is 0 Å². The first-order chi connectivity index (χ1) is 14.5. The first-order valence-corrected chi connectivity index (χ1v) is 10.8. The SMILES string of the molecule is CCC(=O)Nc1ccc(O)c(C(=O)NC2CC3CCC(C2)N3Cc2ccccc2)c1. The molecular formula is C24H29N3O3. The molecule has 6 nitrogen and oxygen atoms in total. The molecule has 2 fully saturated rings. The fourth-order valence-electron chi connectivity index (χ4n) is 4.75. The number of nitrogens with one attached hydrogen (secondary N) is 2. The zero-order chi connectivity index (χ0) is 21.1. The highest BCUT2D eigenvalue weighted by atomic mass is 16.3. The summed E-state index contributed by atoms with van der Waals surface area (Å²) in [4.78, 5) is 27.1. The van der Waals surface area contributed by atoms with Gasteiger partial charge in [0.1, 0.15) is 5.75 Å². The fourth-order valence-corrected chi connectivity index (χ4v) is 4.75. The molecule has 158 valence electrons. The van der Waals surface area contributed by atoms with Gasteiger partial charge in [0, 0.05) is 36.8 Å². The van der Waals surface area contributed by atoms with Gasteiger partial charge in [-0.2, -0.15) is 0 Å². The maximum atomic E-state index is 12.9. The molecule has 2 unspecified atom stereocenters. The highest BCUT2D eigenvalue weighted by molar-refractivity contribution is 5.99. The van der Waals surface area contributed by atoms with E-state index in [-0.39, 0.29) is 29.2 Å². The van der Waals surface area contributed by atoms with E-state index in [0.29, 0.717) is 24.2 Å². The molecule has 0 radical (unpaired) electrons. The quantitative estimate of drug-likeness (QED) is 0.638. The summed E-state index contributed by atoms with van der Waals surface area (Å²) in [5.74, 6) is -0.498. The lowest BCUT2D eigenvalue weighted by Gasteiger charge is -2.39. The number of nitrogens with zero attached hydrogens (tertiary/aromatic N) is 1. The average Bonchev–Trinajstić information content (AvgIpc) is 2.97. The van der Waals surface area contributed by atoms with Crippen LogP contribution in [0.1, 0.15) is 54.9 Å². The van der Waals surface area contributed by atoms with Crippen molar-refractivity contribution in [2.24, 2.45) is 0 Å². The number of piperidine rings is 1. The first-order valence-electron chi connectivity index (χ1n) is 10.8. The monoisotopic (exact) mass is 407 g/mol. The number of carbonyl (C=O) groups is 2. The van der Waals surface area contributed by atoms with Crippen molar-refractivity contribution in [1.82, 2.24) is 10.2 Å². The number of phenolic OH excluding ortho intramolecular Hbond substituents is 1. The second-order valence-electron chi connectivity index (χ2n) is 8.32. The highest BCUT2D eigenvalue weighted by Crippen LogP contribution is 2.37. The van der Waals surface area contributed by atoms with Crippen molar-refractivity contribution >= 4 is 17.5 Å². The molecule has 6 heteroatoms. The van der Waals surface area contributed by atoms with Crippen LogP contribution in [0.3, 0.4) is 0 Å². The molecule has 2 aromatic carbocycles. The molecule has 0 aromatic heterocycles. The van der Waals surface area contributed by atoms with E-state index < -0.39 is 0 Å². The van der Waals surface area contributed by atoms with Crippen molar-refractivity contribution in [1.29, 1.82) is 0 Å². The van der Waals surface area contributed by atoms with Crippen LogP contribution in [-0.2, 0) is 11.3 Å². The van der Waals surface area contributed by atoms with Gasteiger partial charge < -0.3 is 15.7 Å². The second-order valence-corrected chi connectivity index (χ2v) is 8.32. The molecule has 2 bridgehead atoms. The van der Waals surface area contributed by atoms with Crippen LogP contribution in [-0.4, -0.2) is 39.9 Å². The number of phenols is 1. The van der Waals surface area contributed by atoms with Crippen molar-refractivity contribution < 1.29 is 14.7 Å². The molecule has 30 heavy (non-hydrogen) atoms. The van der Waals surface area contributed by atoms with E-state index in [2.05, 4.69) is 39.8 Å². The van der Waals surface area contributed by atoms with Gasteiger partial charge in [-0.1, -0.05) is 37.3 Å². The number of amides is 2. The Morgan fingerprint density at radius 3 is 2.43 bits per heavy atom. The number of carbonyl (C=O) groups excluding carboxylic acids is 2. The normalized spacial score (nSPS) is 23.2. The lowest BCUT2D eigenvalue weighted by atomic mass is 9.96. The van der Waals surface area contributed by atoms with Crippen molar-refractivity contribution in [3.05, 3.63) is 59.7 Å². The van der Waals surface area contributed by atoms with Crippen LogP contribution in [0.15, 0.2) is 48.5 Å². The van der Waals surface area contributed by atoms with E-state index in [0.717, 1.165) is 32.2 Å². The third-order valence-corrected chi connectivity index (χ3v) is 6.27. The second kappa shape index (κ2) is 8.88. The first kappa shape index (κ1) is 20.4. The largest absolute Gasteiger partial charge is 0.507 e. The zero-order valence-corrected chi connectivity index (χ0v) is 17.3. The molecule has 0 aliphatic carbocycles. The van der Waals surface area contributed by atoms with Crippen molar-refractivity contribution in [2.45, 2.75) is 63.7 Å². The molecule has 2 amide bonds. The highest BCUT2D eigenvalue weighted by Gasteiger charge is 2.41. The fraction of sp³-hybridized carbons (Fsp3) is 0.417. The van der Waals surface area contributed by atoms with Crippen LogP contribution in [0, 0.1) is 0 Å². The Hall–Kier alpha value is -2.86. The van der Waals surface area contributed by atoms with Crippen molar-refractivity contribution in [3.63, 3.8) is 0 Å². The minimum absolute atomic E-state index is 0.0773. The lowest BCUT2D eigenvalue weighted by molar-refractivity contribution is -0.115. The minimum Gasteiger partial charge on any atom is -0.507 e.